The Balaban J connectivity index is 1.32. The maximum atomic E-state index is 2.39. The van der Waals surface area contributed by atoms with Crippen molar-refractivity contribution in [3.05, 3.63) is 164 Å². The highest BCUT2D eigenvalue weighted by Crippen LogP contribution is 2.44. The molecule has 8 aromatic rings. The van der Waals surface area contributed by atoms with Crippen molar-refractivity contribution in [2.75, 3.05) is 4.90 Å². The first-order valence-corrected chi connectivity index (χ1v) is 15.1. The van der Waals surface area contributed by atoms with E-state index in [1.807, 2.05) is 11.3 Å². The molecule has 2 heteroatoms. The second-order valence-corrected chi connectivity index (χ2v) is 11.6. The average molecular weight is 554 g/mol. The summed E-state index contributed by atoms with van der Waals surface area (Å²) in [5, 5.41) is 5.21. The fraction of sp³-hybridized carbons (Fsp3) is 0. The van der Waals surface area contributed by atoms with E-state index < -0.39 is 0 Å². The van der Waals surface area contributed by atoms with Gasteiger partial charge in [-0.15, -0.1) is 11.3 Å². The van der Waals surface area contributed by atoms with E-state index in [4.69, 9.17) is 0 Å². The molecule has 1 nitrogen and oxygen atoms in total. The molecule has 0 atom stereocenters. The van der Waals surface area contributed by atoms with Crippen LogP contribution in [0.2, 0.25) is 0 Å². The van der Waals surface area contributed by atoms with Crippen LogP contribution in [-0.4, -0.2) is 0 Å². The Morgan fingerprint density at radius 2 is 1.02 bits per heavy atom. The Bertz CT molecular complexity index is 2180. The topological polar surface area (TPSA) is 3.24 Å². The lowest BCUT2D eigenvalue weighted by Crippen LogP contribution is -2.11. The molecule has 0 unspecified atom stereocenters. The summed E-state index contributed by atoms with van der Waals surface area (Å²) in [4.78, 5) is 2.39. The Hall–Kier alpha value is -5.18. The molecule has 1 aromatic heterocycles. The van der Waals surface area contributed by atoms with Crippen molar-refractivity contribution in [3.63, 3.8) is 0 Å². The molecule has 0 N–H and O–H groups in total. The summed E-state index contributed by atoms with van der Waals surface area (Å²) in [7, 11) is 0. The van der Waals surface area contributed by atoms with Crippen LogP contribution in [-0.2, 0) is 0 Å². The Labute approximate surface area is 249 Å². The van der Waals surface area contributed by atoms with E-state index in [9.17, 15) is 0 Å². The molecule has 0 spiro atoms. The predicted molar refractivity (Wildman–Crippen MR) is 182 cm³/mol. The molecule has 0 bridgehead atoms. The highest BCUT2D eigenvalue weighted by molar-refractivity contribution is 7.26. The maximum absolute atomic E-state index is 2.39. The Morgan fingerprint density at radius 3 is 1.83 bits per heavy atom. The first-order chi connectivity index (χ1) is 20.8. The number of anilines is 3. The van der Waals surface area contributed by atoms with Crippen molar-refractivity contribution in [1.29, 1.82) is 0 Å². The van der Waals surface area contributed by atoms with Crippen molar-refractivity contribution in [1.82, 2.24) is 0 Å². The first kappa shape index (κ1) is 24.6. The van der Waals surface area contributed by atoms with Gasteiger partial charge in [0, 0.05) is 37.1 Å². The highest BCUT2D eigenvalue weighted by atomic mass is 32.1. The van der Waals surface area contributed by atoms with E-state index >= 15 is 0 Å². The molecule has 0 fully saturated rings. The van der Waals surface area contributed by atoms with E-state index in [-0.39, 0.29) is 0 Å². The minimum atomic E-state index is 1.13. The lowest BCUT2D eigenvalue weighted by molar-refractivity contribution is 1.29. The molecule has 1 heterocycles. The van der Waals surface area contributed by atoms with Crippen LogP contribution < -0.4 is 4.90 Å². The van der Waals surface area contributed by atoms with Gasteiger partial charge in [0.1, 0.15) is 0 Å². The third-order valence-electron chi connectivity index (χ3n) is 8.06. The summed E-state index contributed by atoms with van der Waals surface area (Å²) in [6.45, 7) is 0. The molecule has 0 amide bonds. The van der Waals surface area contributed by atoms with Crippen molar-refractivity contribution in [3.8, 4) is 22.3 Å². The maximum Gasteiger partial charge on any atom is 0.0540 e. The summed E-state index contributed by atoms with van der Waals surface area (Å²) in [5.41, 5.74) is 8.24. The molecule has 0 saturated carbocycles. The minimum absolute atomic E-state index is 1.13. The van der Waals surface area contributed by atoms with Gasteiger partial charge in [-0.1, -0.05) is 127 Å². The van der Waals surface area contributed by atoms with E-state index in [1.54, 1.807) is 0 Å². The Kier molecular flexibility index (Phi) is 6.05. The quantitative estimate of drug-likeness (QED) is 0.205. The molecule has 0 radical (unpaired) electrons. The van der Waals surface area contributed by atoms with Gasteiger partial charge in [0.25, 0.3) is 0 Å². The number of benzene rings is 7. The average Bonchev–Trinajstić information content (AvgIpc) is 3.45. The van der Waals surface area contributed by atoms with Crippen LogP contribution in [0.4, 0.5) is 17.1 Å². The van der Waals surface area contributed by atoms with E-state index in [1.165, 1.54) is 53.2 Å². The second kappa shape index (κ2) is 10.3. The van der Waals surface area contributed by atoms with Gasteiger partial charge in [-0.2, -0.15) is 0 Å². The van der Waals surface area contributed by atoms with Gasteiger partial charge in [-0.05, 0) is 63.9 Å². The molecule has 8 rings (SSSR count). The number of hydrogen-bond acceptors (Lipinski definition) is 2. The smallest absolute Gasteiger partial charge is 0.0540 e. The monoisotopic (exact) mass is 553 g/mol. The van der Waals surface area contributed by atoms with Crippen LogP contribution in [0.15, 0.2) is 164 Å². The Morgan fingerprint density at radius 1 is 0.405 bits per heavy atom. The molecule has 0 saturated heterocycles. The van der Waals surface area contributed by atoms with Crippen LogP contribution >= 0.6 is 11.3 Å². The van der Waals surface area contributed by atoms with Crippen LogP contribution in [0.5, 0.6) is 0 Å². The SMILES string of the molecule is c1ccc(-c2ccc(N(c3ccc4c(ccc5c6ccccc6sc45)c3)c3ccccc3-c3ccccc3)cc2)cc1. The third-order valence-corrected chi connectivity index (χ3v) is 9.28. The molecule has 42 heavy (non-hydrogen) atoms. The summed E-state index contributed by atoms with van der Waals surface area (Å²) < 4.78 is 2.68. The summed E-state index contributed by atoms with van der Waals surface area (Å²) >= 11 is 1.88. The zero-order chi connectivity index (χ0) is 27.9. The van der Waals surface area contributed by atoms with E-state index in [0.717, 1.165) is 17.1 Å². The number of nitrogens with zero attached hydrogens (tertiary/aromatic N) is 1. The third kappa shape index (κ3) is 4.25. The molecule has 0 aliphatic rings. The number of fused-ring (bicyclic) bond motifs is 5. The molecule has 198 valence electrons. The van der Waals surface area contributed by atoms with Crippen molar-refractivity contribution in [2.24, 2.45) is 0 Å². The summed E-state index contributed by atoms with van der Waals surface area (Å²) in [5.74, 6) is 0. The molecule has 7 aromatic carbocycles. The van der Waals surface area contributed by atoms with Crippen molar-refractivity contribution < 1.29 is 0 Å². The highest BCUT2D eigenvalue weighted by Gasteiger charge is 2.18. The first-order valence-electron chi connectivity index (χ1n) is 14.3. The predicted octanol–water partition coefficient (Wildman–Crippen LogP) is 12.0. The summed E-state index contributed by atoms with van der Waals surface area (Å²) in [6.07, 6.45) is 0. The van der Waals surface area contributed by atoms with E-state index in [0.29, 0.717) is 0 Å². The van der Waals surface area contributed by atoms with E-state index in [2.05, 4.69) is 169 Å². The largest absolute Gasteiger partial charge is 0.310 e. The van der Waals surface area contributed by atoms with Gasteiger partial charge >= 0.3 is 0 Å². The number of hydrogen-bond donors (Lipinski definition) is 0. The van der Waals surface area contributed by atoms with Crippen molar-refractivity contribution >= 4 is 59.3 Å². The van der Waals surface area contributed by atoms with Crippen LogP contribution in [0.25, 0.3) is 53.2 Å². The molecular weight excluding hydrogens is 527 g/mol. The normalized spacial score (nSPS) is 11.3. The van der Waals surface area contributed by atoms with Crippen molar-refractivity contribution in [2.45, 2.75) is 0 Å². The number of thiophene rings is 1. The van der Waals surface area contributed by atoms with Gasteiger partial charge in [0.05, 0.1) is 5.69 Å². The lowest BCUT2D eigenvalue weighted by atomic mass is 10.00. The standard InChI is InChI=1S/C40H27NS/c1-3-11-28(12-4-1)29-19-22-32(23-20-29)41(38-17-9-7-15-34(38)30-13-5-2-6-14-30)33-24-26-35-31(27-33)21-25-37-36-16-8-10-18-39(36)42-40(35)37/h1-27H. The zero-order valence-electron chi connectivity index (χ0n) is 22.9. The van der Waals surface area contributed by atoms with Crippen LogP contribution in [0.1, 0.15) is 0 Å². The molecule has 0 aliphatic heterocycles. The van der Waals surface area contributed by atoms with Gasteiger partial charge in [0.15, 0.2) is 0 Å². The molecule has 0 aliphatic carbocycles. The summed E-state index contributed by atoms with van der Waals surface area (Å²) in [6, 6.07) is 59.1. The van der Waals surface area contributed by atoms with Crippen LogP contribution in [0.3, 0.4) is 0 Å². The minimum Gasteiger partial charge on any atom is -0.310 e. The fourth-order valence-electron chi connectivity index (χ4n) is 6.03. The van der Waals surface area contributed by atoms with Gasteiger partial charge in [-0.25, -0.2) is 0 Å². The second-order valence-electron chi connectivity index (χ2n) is 10.6. The number of para-hydroxylation sites is 1. The zero-order valence-corrected chi connectivity index (χ0v) is 23.8. The number of rotatable bonds is 5. The lowest BCUT2D eigenvalue weighted by Gasteiger charge is -2.28. The van der Waals surface area contributed by atoms with Gasteiger partial charge in [-0.3, -0.25) is 0 Å². The van der Waals surface area contributed by atoms with Gasteiger partial charge < -0.3 is 4.90 Å². The molecular formula is C40H27NS. The van der Waals surface area contributed by atoms with Crippen LogP contribution in [0, 0.1) is 0 Å². The fourth-order valence-corrected chi connectivity index (χ4v) is 7.27. The van der Waals surface area contributed by atoms with Gasteiger partial charge in [0.2, 0.25) is 0 Å².